The van der Waals surface area contributed by atoms with Crippen LogP contribution in [0.4, 0.5) is 0 Å². The van der Waals surface area contributed by atoms with Gasteiger partial charge in [0.25, 0.3) is 0 Å². The third-order valence-corrected chi connectivity index (χ3v) is 0.678. The molecule has 0 aromatic rings. The molecule has 1 unspecified atom stereocenters. The average molecular weight is 103 g/mol. The molecule has 0 radical (unpaired) electrons. The summed E-state index contributed by atoms with van der Waals surface area (Å²) >= 11 is 0. The summed E-state index contributed by atoms with van der Waals surface area (Å²) in [6.07, 6.45) is -0.970. The molecule has 3 nitrogen and oxygen atoms in total. The van der Waals surface area contributed by atoms with Crippen molar-refractivity contribution < 1.29 is 9.90 Å². The fourth-order valence-electron chi connectivity index (χ4n) is 0.209. The maximum atomic E-state index is 10.1. The largest absolute Gasteiger partial charge is 0.371 e. The van der Waals surface area contributed by atoms with Gasteiger partial charge < -0.3 is 5.11 Å². The Bertz CT molecular complexity index is 70.1. The number of rotatable bonds is 2. The van der Waals surface area contributed by atoms with Crippen molar-refractivity contribution in [3.05, 3.63) is 0 Å². The highest BCUT2D eigenvalue weighted by Gasteiger charge is 2.03. The number of hydrogen-bond acceptors (Lipinski definition) is 3. The maximum Gasteiger partial charge on any atom is 0.175 e. The molecule has 1 atom stereocenters. The van der Waals surface area contributed by atoms with Gasteiger partial charge in [0.15, 0.2) is 12.0 Å². The van der Waals surface area contributed by atoms with E-state index in [1.165, 1.54) is 0 Å². The molecule has 0 fully saturated rings. The van der Waals surface area contributed by atoms with Crippen molar-refractivity contribution in [3.63, 3.8) is 0 Å². The van der Waals surface area contributed by atoms with E-state index in [1.807, 2.05) is 0 Å². The van der Waals surface area contributed by atoms with Crippen LogP contribution in [0.1, 0.15) is 13.3 Å². The van der Waals surface area contributed by atoms with E-state index in [2.05, 4.69) is 0 Å². The van der Waals surface area contributed by atoms with Crippen LogP contribution in [-0.2, 0) is 4.79 Å². The quantitative estimate of drug-likeness (QED) is 0.452. The number of carbonyl (C=O) groups excluding carboxylic acids is 1. The number of ketones is 1. The zero-order valence-electron chi connectivity index (χ0n) is 4.22. The summed E-state index contributed by atoms with van der Waals surface area (Å²) in [5, 5.41) is 8.25. The lowest BCUT2D eigenvalue weighted by Gasteiger charge is -1.95. The van der Waals surface area contributed by atoms with E-state index >= 15 is 0 Å². The normalized spacial score (nSPS) is 13.6. The molecule has 0 spiro atoms. The topological polar surface area (TPSA) is 63.3 Å². The fraction of sp³-hybridized carbons (Fsp3) is 0.750. The van der Waals surface area contributed by atoms with Gasteiger partial charge in [0, 0.05) is 6.42 Å². The Morgan fingerprint density at radius 2 is 2.43 bits per heavy atom. The molecule has 0 aliphatic carbocycles. The van der Waals surface area contributed by atoms with Crippen LogP contribution >= 0.6 is 0 Å². The molecule has 0 aromatic carbocycles. The van der Waals surface area contributed by atoms with Crippen LogP contribution in [0.5, 0.6) is 0 Å². The molecule has 7 heavy (non-hydrogen) atoms. The Hall–Kier alpha value is -0.410. The van der Waals surface area contributed by atoms with Crippen LogP contribution in [0.25, 0.3) is 0 Å². The second kappa shape index (κ2) is 2.71. The Kier molecular flexibility index (Phi) is 2.55. The molecule has 0 heterocycles. The Morgan fingerprint density at radius 1 is 2.00 bits per heavy atom. The van der Waals surface area contributed by atoms with Crippen LogP contribution in [-0.4, -0.2) is 17.1 Å². The lowest BCUT2D eigenvalue weighted by Crippen LogP contribution is -2.28. The predicted octanol–water partition coefficient (Wildman–Crippen LogP) is -0.757. The van der Waals surface area contributed by atoms with E-state index in [9.17, 15) is 4.79 Å². The van der Waals surface area contributed by atoms with E-state index in [1.54, 1.807) is 6.92 Å². The van der Waals surface area contributed by atoms with Gasteiger partial charge in [-0.05, 0) is 0 Å². The maximum absolute atomic E-state index is 10.1. The predicted molar refractivity (Wildman–Crippen MR) is 25.5 cm³/mol. The van der Waals surface area contributed by atoms with Crippen molar-refractivity contribution in [2.75, 3.05) is 0 Å². The highest BCUT2D eigenvalue weighted by Crippen LogP contribution is 1.80. The average Bonchev–Trinajstić information content (AvgIpc) is 1.65. The van der Waals surface area contributed by atoms with Crippen molar-refractivity contribution in [1.82, 2.24) is 0 Å². The van der Waals surface area contributed by atoms with Gasteiger partial charge in [-0.2, -0.15) is 0 Å². The summed E-state index contributed by atoms with van der Waals surface area (Å²) in [5.41, 5.74) is 4.75. The molecule has 42 valence electrons. The van der Waals surface area contributed by atoms with E-state index in [0.717, 1.165) is 0 Å². The summed E-state index contributed by atoms with van der Waals surface area (Å²) in [6.45, 7) is 1.65. The van der Waals surface area contributed by atoms with Gasteiger partial charge in [0.2, 0.25) is 0 Å². The van der Waals surface area contributed by atoms with Crippen molar-refractivity contribution in [2.24, 2.45) is 5.73 Å². The summed E-state index contributed by atoms with van der Waals surface area (Å²) in [7, 11) is 0. The van der Waals surface area contributed by atoms with Crippen LogP contribution in [0.2, 0.25) is 0 Å². The monoisotopic (exact) mass is 103 g/mol. The standard InChI is InChI=1S/C4H9NO2/c1-2-3(6)4(5)7/h4,7H,2,5H2,1H3. The summed E-state index contributed by atoms with van der Waals surface area (Å²) in [6, 6.07) is 0. The Morgan fingerprint density at radius 3 is 2.43 bits per heavy atom. The van der Waals surface area contributed by atoms with Gasteiger partial charge in [-0.1, -0.05) is 6.92 Å². The molecular weight excluding hydrogens is 94.0 g/mol. The number of Topliss-reactive ketones (excluding diaryl/α,β-unsaturated/α-hetero) is 1. The van der Waals surface area contributed by atoms with Gasteiger partial charge in [0.05, 0.1) is 0 Å². The molecule has 0 amide bonds. The minimum absolute atomic E-state index is 0.303. The first-order chi connectivity index (χ1) is 3.18. The SMILES string of the molecule is CCC(=O)C(N)O. The fourth-order valence-corrected chi connectivity index (χ4v) is 0.209. The molecule has 0 saturated heterocycles. The van der Waals surface area contributed by atoms with E-state index < -0.39 is 6.23 Å². The van der Waals surface area contributed by atoms with E-state index in [4.69, 9.17) is 10.8 Å². The van der Waals surface area contributed by atoms with Crippen LogP contribution in [0.15, 0.2) is 0 Å². The number of carbonyl (C=O) groups is 1. The first-order valence-corrected chi connectivity index (χ1v) is 2.14. The highest BCUT2D eigenvalue weighted by atomic mass is 16.3. The minimum atomic E-state index is -1.27. The second-order valence-corrected chi connectivity index (χ2v) is 1.26. The van der Waals surface area contributed by atoms with Gasteiger partial charge in [-0.3, -0.25) is 10.5 Å². The lowest BCUT2D eigenvalue weighted by molar-refractivity contribution is -0.126. The molecule has 0 saturated carbocycles. The highest BCUT2D eigenvalue weighted by molar-refractivity contribution is 5.81. The number of aliphatic hydroxyl groups excluding tert-OH is 1. The molecule has 0 aliphatic rings. The minimum Gasteiger partial charge on any atom is -0.371 e. The molecule has 0 rings (SSSR count). The van der Waals surface area contributed by atoms with Gasteiger partial charge in [-0.25, -0.2) is 0 Å². The van der Waals surface area contributed by atoms with Gasteiger partial charge >= 0.3 is 0 Å². The zero-order chi connectivity index (χ0) is 5.86. The third-order valence-electron chi connectivity index (χ3n) is 0.678. The van der Waals surface area contributed by atoms with Crippen molar-refractivity contribution in [1.29, 1.82) is 0 Å². The van der Waals surface area contributed by atoms with Crippen LogP contribution in [0, 0.1) is 0 Å². The summed E-state index contributed by atoms with van der Waals surface area (Å²) in [4.78, 5) is 10.1. The molecule has 0 aliphatic heterocycles. The molecule has 3 N–H and O–H groups in total. The first kappa shape index (κ1) is 6.59. The van der Waals surface area contributed by atoms with Gasteiger partial charge in [0.1, 0.15) is 0 Å². The molecular formula is C4H9NO2. The third kappa shape index (κ3) is 2.31. The summed E-state index contributed by atoms with van der Waals surface area (Å²) < 4.78 is 0. The first-order valence-electron chi connectivity index (χ1n) is 2.14. The summed E-state index contributed by atoms with van der Waals surface area (Å²) in [5.74, 6) is -0.319. The van der Waals surface area contributed by atoms with E-state index in [-0.39, 0.29) is 5.78 Å². The number of aliphatic hydroxyl groups is 1. The lowest BCUT2D eigenvalue weighted by atomic mass is 10.3. The molecule has 0 bridgehead atoms. The second-order valence-electron chi connectivity index (χ2n) is 1.26. The Labute approximate surface area is 42.1 Å². The van der Waals surface area contributed by atoms with Crippen molar-refractivity contribution in [3.8, 4) is 0 Å². The zero-order valence-corrected chi connectivity index (χ0v) is 4.22. The number of hydrogen-bond donors (Lipinski definition) is 2. The van der Waals surface area contributed by atoms with Crippen LogP contribution in [0.3, 0.4) is 0 Å². The number of nitrogens with two attached hydrogens (primary N) is 1. The molecule has 0 aromatic heterocycles. The Balaban J connectivity index is 3.35. The van der Waals surface area contributed by atoms with Crippen molar-refractivity contribution >= 4 is 5.78 Å². The van der Waals surface area contributed by atoms with E-state index in [0.29, 0.717) is 6.42 Å². The van der Waals surface area contributed by atoms with Gasteiger partial charge in [-0.15, -0.1) is 0 Å². The smallest absolute Gasteiger partial charge is 0.175 e. The van der Waals surface area contributed by atoms with Crippen molar-refractivity contribution in [2.45, 2.75) is 19.6 Å². The van der Waals surface area contributed by atoms with Crippen LogP contribution < -0.4 is 5.73 Å². The molecule has 3 heteroatoms.